The molecule has 0 aliphatic carbocycles. The molecule has 2 unspecified atom stereocenters. The maximum Gasteiger partial charge on any atom is 0.329 e. The molecule has 1 fully saturated rings. The monoisotopic (exact) mass is 239 g/mol. The van der Waals surface area contributed by atoms with Crippen molar-refractivity contribution in [1.29, 1.82) is 0 Å². The van der Waals surface area contributed by atoms with E-state index in [9.17, 15) is 9.59 Å². The zero-order valence-electron chi connectivity index (χ0n) is 10.7. The highest BCUT2D eigenvalue weighted by Gasteiger charge is 2.60. The summed E-state index contributed by atoms with van der Waals surface area (Å²) in [4.78, 5) is 34.8. The minimum absolute atomic E-state index is 0.234. The highest BCUT2D eigenvalue weighted by atomic mass is 16.2. The number of rotatable bonds is 1. The smallest absolute Gasteiger partial charge is 0.329 e. The Morgan fingerprint density at radius 2 is 1.88 bits per heavy atom. The topological polar surface area (TPSA) is 59.5 Å². The Morgan fingerprint density at radius 3 is 2.41 bits per heavy atom. The van der Waals surface area contributed by atoms with E-state index in [0.29, 0.717) is 0 Å². The van der Waals surface area contributed by atoms with Gasteiger partial charge in [-0.15, -0.1) is 0 Å². The second kappa shape index (κ2) is 3.43. The van der Waals surface area contributed by atoms with Crippen molar-refractivity contribution in [3.05, 3.63) is 0 Å². The molecule has 2 rings (SSSR count). The van der Waals surface area contributed by atoms with Crippen LogP contribution in [0.4, 0.5) is 4.79 Å². The number of hydrogen-bond donors (Lipinski definition) is 0. The van der Waals surface area contributed by atoms with E-state index in [1.165, 1.54) is 11.9 Å². The molecule has 2 aliphatic rings. The van der Waals surface area contributed by atoms with Gasteiger partial charge in [0, 0.05) is 21.1 Å². The lowest BCUT2D eigenvalue weighted by Gasteiger charge is -2.50. The first-order chi connectivity index (χ1) is 7.84. The summed E-state index contributed by atoms with van der Waals surface area (Å²) in [6, 6.07) is -0.836. The quantitative estimate of drug-likeness (QED) is 0.593. The SMILES string of the molecule is CN1C(=O)C2N(C)C=NC2(N(C)C)N(C)C1=O. The van der Waals surface area contributed by atoms with E-state index >= 15 is 0 Å². The van der Waals surface area contributed by atoms with Gasteiger partial charge in [-0.2, -0.15) is 0 Å². The third-order valence-corrected chi connectivity index (χ3v) is 3.49. The van der Waals surface area contributed by atoms with Gasteiger partial charge in [-0.25, -0.2) is 9.79 Å². The van der Waals surface area contributed by atoms with Crippen molar-refractivity contribution < 1.29 is 9.59 Å². The molecule has 7 heteroatoms. The van der Waals surface area contributed by atoms with E-state index in [1.54, 1.807) is 30.2 Å². The largest absolute Gasteiger partial charge is 0.349 e. The number of nitrogens with zero attached hydrogens (tertiary/aromatic N) is 5. The van der Waals surface area contributed by atoms with Gasteiger partial charge in [0.05, 0.1) is 6.34 Å². The Balaban J connectivity index is 2.55. The first kappa shape index (κ1) is 11.8. The Morgan fingerprint density at radius 1 is 1.29 bits per heavy atom. The summed E-state index contributed by atoms with van der Waals surface area (Å²) in [5, 5.41) is 0. The summed E-state index contributed by atoms with van der Waals surface area (Å²) in [6.45, 7) is 0. The van der Waals surface area contributed by atoms with Crippen LogP contribution < -0.4 is 0 Å². The first-order valence-electron chi connectivity index (χ1n) is 5.34. The molecular formula is C10H17N5O2. The molecule has 0 saturated carbocycles. The summed E-state index contributed by atoms with van der Waals surface area (Å²) in [5.41, 5.74) is 0. The van der Waals surface area contributed by atoms with Crippen LogP contribution in [0.15, 0.2) is 4.99 Å². The van der Waals surface area contributed by atoms with Crippen LogP contribution in [0.3, 0.4) is 0 Å². The molecule has 3 amide bonds. The fourth-order valence-corrected chi connectivity index (χ4v) is 2.50. The molecule has 0 bridgehead atoms. The van der Waals surface area contributed by atoms with Gasteiger partial charge in [-0.05, 0) is 14.1 Å². The van der Waals surface area contributed by atoms with E-state index in [1.807, 2.05) is 14.1 Å². The van der Waals surface area contributed by atoms with Crippen molar-refractivity contribution in [2.24, 2.45) is 4.99 Å². The Hall–Kier alpha value is -1.63. The van der Waals surface area contributed by atoms with Gasteiger partial charge >= 0.3 is 6.03 Å². The van der Waals surface area contributed by atoms with Crippen molar-refractivity contribution in [3.8, 4) is 0 Å². The number of aliphatic imine (C=N–C) groups is 1. The summed E-state index contributed by atoms with van der Waals surface area (Å²) in [6.07, 6.45) is 1.60. The zero-order chi connectivity index (χ0) is 13.0. The Labute approximate surface area is 100 Å². The van der Waals surface area contributed by atoms with Gasteiger partial charge in [-0.3, -0.25) is 19.5 Å². The van der Waals surface area contributed by atoms with Gasteiger partial charge in [-0.1, -0.05) is 0 Å². The molecule has 0 spiro atoms. The third-order valence-electron chi connectivity index (χ3n) is 3.49. The first-order valence-corrected chi connectivity index (χ1v) is 5.34. The van der Waals surface area contributed by atoms with E-state index in [0.717, 1.165) is 4.90 Å². The summed E-state index contributed by atoms with van der Waals surface area (Å²) < 4.78 is 0. The number of carbonyl (C=O) groups excluding carboxylic acids is 2. The molecule has 0 aromatic carbocycles. The predicted molar refractivity (Wildman–Crippen MR) is 62.4 cm³/mol. The van der Waals surface area contributed by atoms with Crippen molar-refractivity contribution >= 4 is 18.3 Å². The van der Waals surface area contributed by atoms with E-state index in [2.05, 4.69) is 4.99 Å². The zero-order valence-corrected chi connectivity index (χ0v) is 10.7. The van der Waals surface area contributed by atoms with Gasteiger partial charge in [0.1, 0.15) is 0 Å². The van der Waals surface area contributed by atoms with E-state index in [4.69, 9.17) is 0 Å². The standard InChI is InChI=1S/C10H17N5O2/c1-12(2)10-7(13(3)6-11-10)8(16)14(4)9(17)15(10)5/h6-7H,1-5H3. The number of amides is 3. The normalized spacial score (nSPS) is 32.8. The maximum absolute atomic E-state index is 12.2. The van der Waals surface area contributed by atoms with Crippen LogP contribution in [0.2, 0.25) is 0 Å². The van der Waals surface area contributed by atoms with Gasteiger partial charge in [0.25, 0.3) is 5.91 Å². The average molecular weight is 239 g/mol. The minimum Gasteiger partial charge on any atom is -0.349 e. The Kier molecular flexibility index (Phi) is 2.39. The number of urea groups is 1. The number of hydrogen-bond acceptors (Lipinski definition) is 5. The van der Waals surface area contributed by atoms with Crippen LogP contribution in [0.25, 0.3) is 0 Å². The van der Waals surface area contributed by atoms with Crippen LogP contribution in [0, 0.1) is 0 Å². The van der Waals surface area contributed by atoms with Gasteiger partial charge < -0.3 is 4.90 Å². The van der Waals surface area contributed by atoms with Crippen LogP contribution >= 0.6 is 0 Å². The summed E-state index contributed by atoms with van der Waals surface area (Å²) in [7, 11) is 8.56. The molecular weight excluding hydrogens is 222 g/mol. The number of imide groups is 1. The fraction of sp³-hybridized carbons (Fsp3) is 0.700. The summed E-state index contributed by atoms with van der Waals surface area (Å²) >= 11 is 0. The molecule has 0 aromatic rings. The molecule has 7 nitrogen and oxygen atoms in total. The lowest BCUT2D eigenvalue weighted by atomic mass is 10.0. The van der Waals surface area contributed by atoms with Crippen molar-refractivity contribution in [3.63, 3.8) is 0 Å². The molecule has 2 aliphatic heterocycles. The van der Waals surface area contributed by atoms with Gasteiger partial charge in [0.15, 0.2) is 6.04 Å². The molecule has 94 valence electrons. The average Bonchev–Trinajstić information content (AvgIpc) is 2.63. The molecule has 0 N–H and O–H groups in total. The van der Waals surface area contributed by atoms with Crippen LogP contribution in [0.1, 0.15) is 0 Å². The molecule has 0 aromatic heterocycles. The summed E-state index contributed by atoms with van der Waals surface area (Å²) in [5.74, 6) is -1.17. The molecule has 17 heavy (non-hydrogen) atoms. The van der Waals surface area contributed by atoms with Crippen LogP contribution in [0.5, 0.6) is 0 Å². The van der Waals surface area contributed by atoms with Gasteiger partial charge in [0.2, 0.25) is 5.79 Å². The lowest BCUT2D eigenvalue weighted by molar-refractivity contribution is -0.147. The van der Waals surface area contributed by atoms with Crippen molar-refractivity contribution in [2.75, 3.05) is 35.2 Å². The second-order valence-electron chi connectivity index (χ2n) is 4.63. The highest BCUT2D eigenvalue weighted by Crippen LogP contribution is 2.35. The number of fused-ring (bicyclic) bond motifs is 1. The third kappa shape index (κ3) is 1.22. The lowest BCUT2D eigenvalue weighted by Crippen LogP contribution is -2.74. The molecule has 2 atom stereocenters. The van der Waals surface area contributed by atoms with Crippen molar-refractivity contribution in [1.82, 2.24) is 19.6 Å². The second-order valence-corrected chi connectivity index (χ2v) is 4.63. The number of carbonyl (C=O) groups is 2. The van der Waals surface area contributed by atoms with E-state index in [-0.39, 0.29) is 11.9 Å². The highest BCUT2D eigenvalue weighted by molar-refractivity contribution is 6.02. The number of likely N-dealkylation sites (N-methyl/N-ethyl adjacent to an activating group) is 4. The Bertz CT molecular complexity index is 408. The molecule has 0 radical (unpaired) electrons. The predicted octanol–water partition coefficient (Wildman–Crippen LogP) is -0.932. The van der Waals surface area contributed by atoms with Crippen LogP contribution in [-0.2, 0) is 4.79 Å². The fourth-order valence-electron chi connectivity index (χ4n) is 2.50. The molecule has 1 saturated heterocycles. The molecule has 2 heterocycles. The van der Waals surface area contributed by atoms with E-state index < -0.39 is 11.8 Å². The van der Waals surface area contributed by atoms with Crippen molar-refractivity contribution in [2.45, 2.75) is 11.8 Å². The van der Waals surface area contributed by atoms with Crippen LogP contribution in [-0.4, -0.2) is 84.9 Å². The maximum atomic E-state index is 12.2. The minimum atomic E-state index is -0.935.